The lowest BCUT2D eigenvalue weighted by molar-refractivity contribution is -0.137. The number of carbonyl (C=O) groups is 4. The van der Waals surface area contributed by atoms with Crippen molar-refractivity contribution in [2.75, 3.05) is 32.8 Å². The summed E-state index contributed by atoms with van der Waals surface area (Å²) in [6, 6.07) is 0. The second kappa shape index (κ2) is 9.76. The Morgan fingerprint density at radius 3 is 1.62 bits per heavy atom. The van der Waals surface area contributed by atoms with Crippen LogP contribution in [0.25, 0.3) is 0 Å². The number of hydrogen-bond acceptors (Lipinski definition) is 7. The Bertz CT molecular complexity index is 655. The molecule has 0 bridgehead atoms. The Morgan fingerprint density at radius 2 is 1.28 bits per heavy atom. The Labute approximate surface area is 171 Å². The predicted molar refractivity (Wildman–Crippen MR) is 105 cm³/mol. The van der Waals surface area contributed by atoms with Crippen molar-refractivity contribution in [3.63, 3.8) is 0 Å². The summed E-state index contributed by atoms with van der Waals surface area (Å²) in [5, 5.41) is 0. The second-order valence-electron chi connectivity index (χ2n) is 8.77. The number of ketones is 1. The molecule has 0 unspecified atom stereocenters. The van der Waals surface area contributed by atoms with Crippen molar-refractivity contribution in [2.45, 2.75) is 59.7 Å². The van der Waals surface area contributed by atoms with Crippen molar-refractivity contribution in [1.82, 2.24) is 9.80 Å². The van der Waals surface area contributed by atoms with Crippen molar-refractivity contribution in [1.29, 1.82) is 0 Å². The van der Waals surface area contributed by atoms with Gasteiger partial charge in [-0.1, -0.05) is 0 Å². The van der Waals surface area contributed by atoms with Gasteiger partial charge in [-0.05, 0) is 54.0 Å². The first kappa shape index (κ1) is 24.5. The van der Waals surface area contributed by atoms with Crippen molar-refractivity contribution in [3.05, 3.63) is 11.6 Å². The number of likely N-dealkylation sites (tertiary alicyclic amines) is 2. The highest BCUT2D eigenvalue weighted by Gasteiger charge is 2.32. The lowest BCUT2D eigenvalue weighted by Gasteiger charge is -2.35. The first-order valence-corrected chi connectivity index (χ1v) is 9.54. The van der Waals surface area contributed by atoms with Gasteiger partial charge in [0, 0.05) is 19.2 Å². The molecule has 0 spiro atoms. The molecule has 9 nitrogen and oxygen atoms in total. The molecule has 2 aliphatic heterocycles. The van der Waals surface area contributed by atoms with Crippen molar-refractivity contribution >= 4 is 23.9 Å². The third-order valence-corrected chi connectivity index (χ3v) is 3.43. The largest absolute Gasteiger partial charge is 0.463 e. The highest BCUT2D eigenvalue weighted by Crippen LogP contribution is 2.18. The number of Topliss-reactive ketones (excluding diaryl/α,β-unsaturated/α-hetero) is 1. The van der Waals surface area contributed by atoms with E-state index >= 15 is 0 Å². The summed E-state index contributed by atoms with van der Waals surface area (Å²) in [5.41, 5.74) is -0.0812. The summed E-state index contributed by atoms with van der Waals surface area (Å²) in [6.07, 6.45) is 0.685. The molecule has 29 heavy (non-hydrogen) atoms. The summed E-state index contributed by atoms with van der Waals surface area (Å²) in [6.45, 7) is 14.2. The molecule has 0 aromatic rings. The van der Waals surface area contributed by atoms with E-state index in [1.165, 1.54) is 15.9 Å². The van der Waals surface area contributed by atoms with Crippen LogP contribution in [0.1, 0.15) is 48.5 Å². The van der Waals surface area contributed by atoms with Gasteiger partial charge in [-0.3, -0.25) is 9.69 Å². The van der Waals surface area contributed by atoms with Crippen LogP contribution < -0.4 is 0 Å². The van der Waals surface area contributed by atoms with Crippen LogP contribution in [0.2, 0.25) is 0 Å². The van der Waals surface area contributed by atoms with Crippen LogP contribution in [0.5, 0.6) is 0 Å². The molecule has 0 aromatic heterocycles. The number of ether oxygens (including phenoxy) is 3. The third kappa shape index (κ3) is 9.45. The van der Waals surface area contributed by atoms with Crippen LogP contribution in [-0.4, -0.2) is 77.7 Å². The normalized spacial score (nSPS) is 16.0. The molecule has 2 saturated heterocycles. The summed E-state index contributed by atoms with van der Waals surface area (Å²) >= 11 is 0. The van der Waals surface area contributed by atoms with Gasteiger partial charge in [-0.25, -0.2) is 14.4 Å². The van der Waals surface area contributed by atoms with Gasteiger partial charge in [0.05, 0.1) is 19.7 Å². The van der Waals surface area contributed by atoms with E-state index in [0.717, 1.165) is 5.57 Å². The molecule has 9 heteroatoms. The molecule has 0 aromatic carbocycles. The Hall–Kier alpha value is -2.58. The number of nitrogens with zero attached hydrogens (tertiary/aromatic N) is 2. The summed E-state index contributed by atoms with van der Waals surface area (Å²) in [5.74, 6) is -0.271. The Balaban J connectivity index is 0.000000308. The van der Waals surface area contributed by atoms with E-state index < -0.39 is 17.3 Å². The van der Waals surface area contributed by atoms with E-state index in [1.807, 2.05) is 20.8 Å². The first-order valence-electron chi connectivity index (χ1n) is 9.54. The zero-order valence-electron chi connectivity index (χ0n) is 18.4. The third-order valence-electron chi connectivity index (χ3n) is 3.43. The van der Waals surface area contributed by atoms with E-state index in [4.69, 9.17) is 14.2 Å². The van der Waals surface area contributed by atoms with Gasteiger partial charge < -0.3 is 19.1 Å². The van der Waals surface area contributed by atoms with Gasteiger partial charge in [0.2, 0.25) is 0 Å². The average molecular weight is 412 g/mol. The highest BCUT2D eigenvalue weighted by atomic mass is 16.6. The van der Waals surface area contributed by atoms with Crippen LogP contribution in [0.4, 0.5) is 9.59 Å². The molecule has 0 N–H and O–H groups in total. The second-order valence-corrected chi connectivity index (χ2v) is 8.77. The lowest BCUT2D eigenvalue weighted by Crippen LogP contribution is -2.52. The van der Waals surface area contributed by atoms with Gasteiger partial charge in [0.15, 0.2) is 5.78 Å². The van der Waals surface area contributed by atoms with Gasteiger partial charge in [-0.15, -0.1) is 0 Å². The molecule has 2 fully saturated rings. The van der Waals surface area contributed by atoms with Crippen LogP contribution in [-0.2, 0) is 23.8 Å². The average Bonchev–Trinajstić information content (AvgIpc) is 2.44. The quantitative estimate of drug-likeness (QED) is 0.390. The summed E-state index contributed by atoms with van der Waals surface area (Å²) < 4.78 is 15.0. The van der Waals surface area contributed by atoms with E-state index in [2.05, 4.69) is 0 Å². The molecule has 0 radical (unpaired) electrons. The molecule has 2 rings (SSSR count). The predicted octanol–water partition coefficient (Wildman–Crippen LogP) is 2.53. The zero-order valence-corrected chi connectivity index (χ0v) is 18.4. The fraction of sp³-hybridized carbons (Fsp3) is 0.700. The molecule has 0 saturated carbocycles. The van der Waals surface area contributed by atoms with Gasteiger partial charge >= 0.3 is 18.2 Å². The molecular weight excluding hydrogens is 380 g/mol. The monoisotopic (exact) mass is 412 g/mol. The van der Waals surface area contributed by atoms with Gasteiger partial charge in [0.25, 0.3) is 0 Å². The smallest absolute Gasteiger partial charge is 0.411 e. The fourth-order valence-electron chi connectivity index (χ4n) is 2.18. The molecule has 0 aliphatic carbocycles. The maximum absolute atomic E-state index is 11.6. The standard InChI is InChI=1S/C12H19NO4.C8H13NO3/c1-5-16-10(14)6-9-7-13(8-9)11(15)17-12(2,3)4;1-8(2,3)12-7(11)9-4-6(10)5-9/h6H,5,7-8H2,1-4H3;4-5H2,1-3H3. The number of amides is 2. The maximum atomic E-state index is 11.6. The fourth-order valence-corrected chi connectivity index (χ4v) is 2.18. The van der Waals surface area contributed by atoms with E-state index in [-0.39, 0.29) is 30.9 Å². The number of esters is 1. The highest BCUT2D eigenvalue weighted by molar-refractivity contribution is 5.94. The van der Waals surface area contributed by atoms with Gasteiger partial charge in [0.1, 0.15) is 11.2 Å². The molecule has 0 atom stereocenters. The minimum Gasteiger partial charge on any atom is -0.463 e. The molecule has 164 valence electrons. The molecule has 2 amide bonds. The van der Waals surface area contributed by atoms with E-state index in [9.17, 15) is 19.2 Å². The zero-order chi connectivity index (χ0) is 22.4. The number of hydrogen-bond donors (Lipinski definition) is 0. The lowest BCUT2D eigenvalue weighted by atomic mass is 10.1. The Kier molecular flexibility index (Phi) is 8.23. The number of carbonyl (C=O) groups excluding carboxylic acids is 4. The summed E-state index contributed by atoms with van der Waals surface area (Å²) in [7, 11) is 0. The van der Waals surface area contributed by atoms with E-state index in [1.54, 1.807) is 27.7 Å². The topological polar surface area (TPSA) is 102 Å². The van der Waals surface area contributed by atoms with Crippen LogP contribution in [0, 0.1) is 0 Å². The molecular formula is C20H32N2O7. The minimum atomic E-state index is -0.488. The minimum absolute atomic E-state index is 0.0841. The Morgan fingerprint density at radius 1 is 0.862 bits per heavy atom. The van der Waals surface area contributed by atoms with Crippen molar-refractivity contribution < 1.29 is 33.4 Å². The van der Waals surface area contributed by atoms with Crippen molar-refractivity contribution in [3.8, 4) is 0 Å². The van der Waals surface area contributed by atoms with Crippen LogP contribution in [0.3, 0.4) is 0 Å². The van der Waals surface area contributed by atoms with E-state index in [0.29, 0.717) is 19.7 Å². The first-order chi connectivity index (χ1) is 13.2. The molecule has 2 aliphatic rings. The van der Waals surface area contributed by atoms with Crippen LogP contribution >= 0.6 is 0 Å². The summed E-state index contributed by atoms with van der Waals surface area (Å²) in [4.78, 5) is 47.3. The maximum Gasteiger partial charge on any atom is 0.411 e. The number of rotatable bonds is 2. The van der Waals surface area contributed by atoms with Gasteiger partial charge in [-0.2, -0.15) is 0 Å². The van der Waals surface area contributed by atoms with Crippen LogP contribution in [0.15, 0.2) is 11.6 Å². The molecule has 2 heterocycles. The van der Waals surface area contributed by atoms with Crippen molar-refractivity contribution in [2.24, 2.45) is 0 Å². The SMILES string of the molecule is CC(C)(C)OC(=O)N1CC(=O)C1.CCOC(=O)C=C1CN(C(=O)OC(C)(C)C)C1.